The Hall–Kier alpha value is -1.26. The van der Waals surface area contributed by atoms with Crippen LogP contribution in [-0.2, 0) is 6.42 Å². The summed E-state index contributed by atoms with van der Waals surface area (Å²) in [6.07, 6.45) is 5.26. The zero-order valence-electron chi connectivity index (χ0n) is 18.9. The predicted molar refractivity (Wildman–Crippen MR) is 117 cm³/mol. The van der Waals surface area contributed by atoms with Crippen LogP contribution >= 0.6 is 0 Å². The molecule has 0 spiro atoms. The molecule has 1 saturated heterocycles. The van der Waals surface area contributed by atoms with Crippen molar-refractivity contribution in [3.05, 3.63) is 23.3 Å². The van der Waals surface area contributed by atoms with Crippen molar-refractivity contribution in [2.75, 3.05) is 26.8 Å². The molecular weight excluding hydrogens is 362 g/mol. The van der Waals surface area contributed by atoms with Gasteiger partial charge in [0.1, 0.15) is 0 Å². The van der Waals surface area contributed by atoms with Crippen LogP contribution in [0.3, 0.4) is 0 Å². The van der Waals surface area contributed by atoms with Crippen LogP contribution in [0.15, 0.2) is 12.1 Å². The summed E-state index contributed by atoms with van der Waals surface area (Å²) in [7, 11) is 1.73. The lowest BCUT2D eigenvalue weighted by Gasteiger charge is -2.47. The van der Waals surface area contributed by atoms with Crippen molar-refractivity contribution in [3.63, 3.8) is 0 Å². The molecule has 5 atom stereocenters. The molecule has 3 unspecified atom stereocenters. The van der Waals surface area contributed by atoms with Crippen LogP contribution in [0.25, 0.3) is 0 Å². The first-order valence-corrected chi connectivity index (χ1v) is 11.5. The van der Waals surface area contributed by atoms with E-state index in [4.69, 9.17) is 9.47 Å². The largest absolute Gasteiger partial charge is 0.493 e. The third-order valence-corrected chi connectivity index (χ3v) is 7.29. The summed E-state index contributed by atoms with van der Waals surface area (Å²) >= 11 is 0. The van der Waals surface area contributed by atoms with Crippen LogP contribution in [-0.4, -0.2) is 42.9 Å². The molecule has 1 aliphatic carbocycles. The standard InChI is InChI=1S/C25H39NO3/c1-6-16-9-18(16)15-29-24-10-17-7-8-26-14-19(13-25(2,3)4)22(27)12-21(26)20(17)11-23(24)28-5/h10-11,16,18-19,21-22,27H,6-9,12-15H2,1-5H3/t16-,18+,19?,21?,22?/m1/s1. The molecule has 2 heterocycles. The molecule has 29 heavy (non-hydrogen) atoms. The highest BCUT2D eigenvalue weighted by Gasteiger charge is 2.40. The molecule has 0 amide bonds. The van der Waals surface area contributed by atoms with Gasteiger partial charge < -0.3 is 14.6 Å². The Balaban J connectivity index is 1.50. The zero-order chi connectivity index (χ0) is 20.8. The molecule has 1 aromatic rings. The predicted octanol–water partition coefficient (Wildman–Crippen LogP) is 4.84. The fraction of sp³-hybridized carbons (Fsp3) is 0.760. The van der Waals surface area contributed by atoms with Gasteiger partial charge in [-0.1, -0.05) is 34.1 Å². The lowest BCUT2D eigenvalue weighted by atomic mass is 9.75. The van der Waals surface area contributed by atoms with E-state index in [0.29, 0.717) is 17.9 Å². The van der Waals surface area contributed by atoms with Crippen molar-refractivity contribution in [2.24, 2.45) is 23.2 Å². The summed E-state index contributed by atoms with van der Waals surface area (Å²) in [6, 6.07) is 4.69. The SMILES string of the molecule is CC[C@@H]1C[C@H]1COc1cc2c(cc1OC)C1CC(O)C(CC(C)(C)C)CN1CC2. The first-order valence-electron chi connectivity index (χ1n) is 11.5. The summed E-state index contributed by atoms with van der Waals surface area (Å²) in [5, 5.41) is 10.9. The van der Waals surface area contributed by atoms with Crippen molar-refractivity contribution in [1.82, 2.24) is 4.90 Å². The number of benzene rings is 1. The molecule has 0 radical (unpaired) electrons. The highest BCUT2D eigenvalue weighted by atomic mass is 16.5. The maximum atomic E-state index is 10.9. The van der Waals surface area contributed by atoms with Crippen molar-refractivity contribution >= 4 is 0 Å². The maximum Gasteiger partial charge on any atom is 0.161 e. The van der Waals surface area contributed by atoms with Crippen LogP contribution in [0.5, 0.6) is 11.5 Å². The summed E-state index contributed by atoms with van der Waals surface area (Å²) < 4.78 is 11.9. The minimum atomic E-state index is -0.232. The first-order chi connectivity index (χ1) is 13.8. The van der Waals surface area contributed by atoms with E-state index in [0.717, 1.165) is 56.4 Å². The number of nitrogens with zero attached hydrogens (tertiary/aromatic N) is 1. The fourth-order valence-corrected chi connectivity index (χ4v) is 5.57. The highest BCUT2D eigenvalue weighted by molar-refractivity contribution is 5.49. The Morgan fingerprint density at radius 1 is 1.10 bits per heavy atom. The number of hydrogen-bond acceptors (Lipinski definition) is 4. The average molecular weight is 402 g/mol. The number of ether oxygens (including phenoxy) is 2. The van der Waals surface area contributed by atoms with Gasteiger partial charge in [-0.25, -0.2) is 0 Å². The Morgan fingerprint density at radius 3 is 2.55 bits per heavy atom. The minimum Gasteiger partial charge on any atom is -0.493 e. The molecule has 2 fully saturated rings. The lowest BCUT2D eigenvalue weighted by molar-refractivity contribution is -0.0259. The van der Waals surface area contributed by atoms with Crippen LogP contribution in [0, 0.1) is 23.2 Å². The number of aliphatic hydroxyl groups is 1. The monoisotopic (exact) mass is 401 g/mol. The zero-order valence-corrected chi connectivity index (χ0v) is 18.9. The summed E-state index contributed by atoms with van der Waals surface area (Å²) in [5.41, 5.74) is 2.94. The quantitative estimate of drug-likeness (QED) is 0.741. The minimum absolute atomic E-state index is 0.232. The van der Waals surface area contributed by atoms with Gasteiger partial charge in [-0.3, -0.25) is 4.90 Å². The van der Waals surface area contributed by atoms with Crippen LogP contribution in [0.4, 0.5) is 0 Å². The first kappa shape index (κ1) is 21.0. The van der Waals surface area contributed by atoms with Crippen molar-refractivity contribution in [3.8, 4) is 11.5 Å². The van der Waals surface area contributed by atoms with E-state index in [1.54, 1.807) is 7.11 Å². The van der Waals surface area contributed by atoms with Gasteiger partial charge in [-0.05, 0) is 72.1 Å². The van der Waals surface area contributed by atoms with Gasteiger partial charge in [-0.15, -0.1) is 0 Å². The van der Waals surface area contributed by atoms with E-state index in [9.17, 15) is 5.11 Å². The third kappa shape index (κ3) is 4.59. The summed E-state index contributed by atoms with van der Waals surface area (Å²) in [5.74, 6) is 3.65. The van der Waals surface area contributed by atoms with Gasteiger partial charge in [0.25, 0.3) is 0 Å². The second-order valence-electron chi connectivity index (χ2n) is 10.8. The molecule has 1 saturated carbocycles. The van der Waals surface area contributed by atoms with E-state index in [2.05, 4.69) is 44.7 Å². The summed E-state index contributed by atoms with van der Waals surface area (Å²) in [4.78, 5) is 2.58. The number of fused-ring (bicyclic) bond motifs is 3. The number of piperidine rings is 1. The molecule has 162 valence electrons. The molecule has 3 aliphatic rings. The van der Waals surface area contributed by atoms with Gasteiger partial charge in [0, 0.05) is 19.1 Å². The second-order valence-corrected chi connectivity index (χ2v) is 10.8. The maximum absolute atomic E-state index is 10.9. The van der Waals surface area contributed by atoms with Crippen molar-refractivity contribution in [1.29, 1.82) is 0 Å². The number of hydrogen-bond donors (Lipinski definition) is 1. The average Bonchev–Trinajstić information content (AvgIpc) is 3.44. The molecule has 4 heteroatoms. The normalized spacial score (nSPS) is 31.7. The van der Waals surface area contributed by atoms with Gasteiger partial charge in [0.05, 0.1) is 19.8 Å². The number of aliphatic hydroxyl groups excluding tert-OH is 1. The van der Waals surface area contributed by atoms with Crippen LogP contribution < -0.4 is 9.47 Å². The van der Waals surface area contributed by atoms with E-state index in [-0.39, 0.29) is 11.5 Å². The van der Waals surface area contributed by atoms with E-state index in [1.165, 1.54) is 24.0 Å². The smallest absolute Gasteiger partial charge is 0.161 e. The molecule has 1 N–H and O–H groups in total. The van der Waals surface area contributed by atoms with E-state index < -0.39 is 0 Å². The van der Waals surface area contributed by atoms with Gasteiger partial charge in [0.15, 0.2) is 11.5 Å². The Morgan fingerprint density at radius 2 is 1.90 bits per heavy atom. The number of methoxy groups -OCH3 is 1. The van der Waals surface area contributed by atoms with Crippen LogP contribution in [0.2, 0.25) is 0 Å². The topological polar surface area (TPSA) is 41.9 Å². The third-order valence-electron chi connectivity index (χ3n) is 7.29. The van der Waals surface area contributed by atoms with Crippen LogP contribution in [0.1, 0.15) is 70.5 Å². The molecule has 1 aromatic carbocycles. The van der Waals surface area contributed by atoms with Crippen molar-refractivity contribution in [2.45, 2.75) is 71.9 Å². The van der Waals surface area contributed by atoms with Gasteiger partial charge >= 0.3 is 0 Å². The van der Waals surface area contributed by atoms with Gasteiger partial charge in [0.2, 0.25) is 0 Å². The van der Waals surface area contributed by atoms with Crippen molar-refractivity contribution < 1.29 is 14.6 Å². The second kappa shape index (κ2) is 8.11. The molecule has 4 rings (SSSR count). The Labute approximate surface area is 176 Å². The summed E-state index contributed by atoms with van der Waals surface area (Å²) in [6.45, 7) is 11.9. The Bertz CT molecular complexity index is 726. The van der Waals surface area contributed by atoms with E-state index in [1.807, 2.05) is 0 Å². The molecular formula is C25H39NO3. The molecule has 4 nitrogen and oxygen atoms in total. The number of rotatable bonds is 6. The molecule has 2 aliphatic heterocycles. The molecule has 0 aromatic heterocycles. The Kier molecular flexibility index (Phi) is 5.87. The van der Waals surface area contributed by atoms with Gasteiger partial charge in [-0.2, -0.15) is 0 Å². The fourth-order valence-electron chi connectivity index (χ4n) is 5.57. The lowest BCUT2D eigenvalue weighted by Crippen LogP contribution is -2.48. The highest BCUT2D eigenvalue weighted by Crippen LogP contribution is 2.46. The van der Waals surface area contributed by atoms with E-state index >= 15 is 0 Å². The molecule has 0 bridgehead atoms.